The third-order valence-corrected chi connectivity index (χ3v) is 6.03. The first-order valence-corrected chi connectivity index (χ1v) is 10.7. The van der Waals surface area contributed by atoms with Crippen LogP contribution in [0.5, 0.6) is 5.75 Å². The Balaban J connectivity index is 1.98. The maximum absolute atomic E-state index is 11.5. The number of rotatable bonds is 3. The molecule has 0 atom stereocenters. The maximum Gasteiger partial charge on any atom is 0.335 e. The molecule has 5 heteroatoms. The molecular weight excluding hydrogens is 370 g/mol. The van der Waals surface area contributed by atoms with Gasteiger partial charge in [-0.3, -0.25) is 4.99 Å². The maximum atomic E-state index is 11.5. The summed E-state index contributed by atoms with van der Waals surface area (Å²) in [5, 5.41) is 9.43. The Hall–Kier alpha value is -2.27. The van der Waals surface area contributed by atoms with Crippen molar-refractivity contribution in [2.24, 2.45) is 4.99 Å². The number of carboxylic acid groups (broad SMARTS) is 1. The minimum absolute atomic E-state index is 0.250. The number of ether oxygens (including phenoxy) is 1. The largest absolute Gasteiger partial charge is 0.486 e. The van der Waals surface area contributed by atoms with E-state index in [4.69, 9.17) is 9.73 Å². The third-order valence-electron chi connectivity index (χ3n) is 5.28. The molecule has 146 valence electrons. The zero-order valence-corrected chi connectivity index (χ0v) is 17.7. The average molecular weight is 396 g/mol. The quantitative estimate of drug-likeness (QED) is 0.744. The first-order valence-electron chi connectivity index (χ1n) is 9.46. The standard InChI is InChI=1S/C23H25NO3S/c1-22(2)11-15-10-17(28-5)20-16(12-23(3,4)27-20)18(15)19(24-22)13-7-6-8-14(9-13)21(25)26/h6-10H,11-12H2,1-5H3,(H,25,26). The summed E-state index contributed by atoms with van der Waals surface area (Å²) < 4.78 is 6.31. The average Bonchev–Trinajstić information content (AvgIpc) is 2.94. The van der Waals surface area contributed by atoms with E-state index in [9.17, 15) is 9.90 Å². The number of aromatic carboxylic acids is 1. The van der Waals surface area contributed by atoms with Crippen LogP contribution in [0, 0.1) is 0 Å². The fourth-order valence-electron chi connectivity index (χ4n) is 4.23. The zero-order valence-electron chi connectivity index (χ0n) is 16.9. The van der Waals surface area contributed by atoms with Crippen molar-refractivity contribution in [3.05, 3.63) is 58.1 Å². The first kappa shape index (κ1) is 19.1. The molecule has 2 aliphatic rings. The highest BCUT2D eigenvalue weighted by atomic mass is 32.2. The number of hydrogen-bond acceptors (Lipinski definition) is 4. The summed E-state index contributed by atoms with van der Waals surface area (Å²) in [6.45, 7) is 8.48. The summed E-state index contributed by atoms with van der Waals surface area (Å²) in [7, 11) is 0. The molecule has 4 nitrogen and oxygen atoms in total. The lowest BCUT2D eigenvalue weighted by Crippen LogP contribution is -2.30. The van der Waals surface area contributed by atoms with Crippen LogP contribution in [0.2, 0.25) is 0 Å². The number of benzene rings is 2. The van der Waals surface area contributed by atoms with Gasteiger partial charge in [0.05, 0.1) is 16.8 Å². The summed E-state index contributed by atoms with van der Waals surface area (Å²) in [6, 6.07) is 9.32. The van der Waals surface area contributed by atoms with Crippen LogP contribution in [0.25, 0.3) is 0 Å². The molecule has 2 aromatic carbocycles. The van der Waals surface area contributed by atoms with Crippen molar-refractivity contribution in [3.63, 3.8) is 0 Å². The minimum Gasteiger partial charge on any atom is -0.486 e. The number of nitrogens with zero attached hydrogens (tertiary/aromatic N) is 1. The van der Waals surface area contributed by atoms with Crippen molar-refractivity contribution in [1.29, 1.82) is 0 Å². The van der Waals surface area contributed by atoms with Gasteiger partial charge in [-0.15, -0.1) is 11.8 Å². The van der Waals surface area contributed by atoms with Crippen LogP contribution in [0.15, 0.2) is 40.2 Å². The van der Waals surface area contributed by atoms with Crippen LogP contribution >= 0.6 is 11.8 Å². The highest BCUT2D eigenvalue weighted by Crippen LogP contribution is 2.47. The van der Waals surface area contributed by atoms with Gasteiger partial charge in [0.25, 0.3) is 0 Å². The lowest BCUT2D eigenvalue weighted by atomic mass is 9.81. The minimum atomic E-state index is -0.926. The fraction of sp³-hybridized carbons (Fsp3) is 0.391. The summed E-state index contributed by atoms with van der Waals surface area (Å²) in [5.74, 6) is 0.0308. The monoisotopic (exact) mass is 395 g/mol. The molecule has 0 aromatic heterocycles. The van der Waals surface area contributed by atoms with Gasteiger partial charge in [0.1, 0.15) is 11.4 Å². The third kappa shape index (κ3) is 3.22. The van der Waals surface area contributed by atoms with Crippen LogP contribution in [0.4, 0.5) is 0 Å². The highest BCUT2D eigenvalue weighted by molar-refractivity contribution is 7.98. The highest BCUT2D eigenvalue weighted by Gasteiger charge is 2.39. The second kappa shape index (κ2) is 6.38. The molecule has 0 spiro atoms. The second-order valence-corrected chi connectivity index (χ2v) is 9.64. The Kier molecular flexibility index (Phi) is 4.34. The van der Waals surface area contributed by atoms with Gasteiger partial charge in [-0.25, -0.2) is 4.79 Å². The Morgan fingerprint density at radius 3 is 2.61 bits per heavy atom. The van der Waals surface area contributed by atoms with Crippen LogP contribution in [0.1, 0.15) is 60.3 Å². The van der Waals surface area contributed by atoms with Crippen molar-refractivity contribution < 1.29 is 14.6 Å². The molecule has 0 saturated heterocycles. The first-order chi connectivity index (χ1) is 13.1. The Bertz CT molecular complexity index is 1020. The van der Waals surface area contributed by atoms with Gasteiger partial charge in [-0.05, 0) is 64.1 Å². The Morgan fingerprint density at radius 2 is 1.93 bits per heavy atom. The van der Waals surface area contributed by atoms with Crippen LogP contribution in [0.3, 0.4) is 0 Å². The molecule has 0 unspecified atom stereocenters. The van der Waals surface area contributed by atoms with E-state index in [1.54, 1.807) is 30.0 Å². The van der Waals surface area contributed by atoms with E-state index in [1.807, 2.05) is 6.07 Å². The van der Waals surface area contributed by atoms with E-state index in [0.29, 0.717) is 0 Å². The van der Waals surface area contributed by atoms with Crippen molar-refractivity contribution in [1.82, 2.24) is 0 Å². The normalized spacial score (nSPS) is 18.7. The molecule has 4 rings (SSSR count). The predicted octanol–water partition coefficient (Wildman–Crippen LogP) is 4.99. The summed E-state index contributed by atoms with van der Waals surface area (Å²) >= 11 is 1.71. The smallest absolute Gasteiger partial charge is 0.335 e. The number of hydrogen-bond donors (Lipinski definition) is 1. The van der Waals surface area contributed by atoms with Gasteiger partial charge in [0.2, 0.25) is 0 Å². The van der Waals surface area contributed by atoms with Gasteiger partial charge in [-0.2, -0.15) is 0 Å². The lowest BCUT2D eigenvalue weighted by molar-refractivity contribution is 0.0697. The van der Waals surface area contributed by atoms with Gasteiger partial charge in [-0.1, -0.05) is 12.1 Å². The number of carboxylic acids is 1. The topological polar surface area (TPSA) is 58.9 Å². The fourth-order valence-corrected chi connectivity index (χ4v) is 4.84. The van der Waals surface area contributed by atoms with E-state index in [0.717, 1.165) is 40.3 Å². The summed E-state index contributed by atoms with van der Waals surface area (Å²) in [5.41, 5.74) is 5.07. The molecule has 2 aromatic rings. The van der Waals surface area contributed by atoms with Crippen molar-refractivity contribution >= 4 is 23.4 Å². The van der Waals surface area contributed by atoms with Crippen LogP contribution < -0.4 is 4.74 Å². The molecule has 0 amide bonds. The molecule has 2 aliphatic heterocycles. The van der Waals surface area contributed by atoms with E-state index in [-0.39, 0.29) is 16.7 Å². The van der Waals surface area contributed by atoms with E-state index in [1.165, 1.54) is 11.1 Å². The molecule has 2 heterocycles. The second-order valence-electron chi connectivity index (χ2n) is 8.79. The van der Waals surface area contributed by atoms with E-state index < -0.39 is 5.97 Å². The molecule has 1 N–H and O–H groups in total. The van der Waals surface area contributed by atoms with Gasteiger partial charge in [0, 0.05) is 28.0 Å². The predicted molar refractivity (Wildman–Crippen MR) is 113 cm³/mol. The van der Waals surface area contributed by atoms with Crippen molar-refractivity contribution in [2.45, 2.75) is 56.6 Å². The van der Waals surface area contributed by atoms with E-state index in [2.05, 4.69) is 40.0 Å². The molecule has 0 bridgehead atoms. The molecule has 28 heavy (non-hydrogen) atoms. The molecule has 0 aliphatic carbocycles. The van der Waals surface area contributed by atoms with E-state index >= 15 is 0 Å². The molecule has 0 fully saturated rings. The molecular formula is C23H25NO3S. The van der Waals surface area contributed by atoms with Crippen molar-refractivity contribution in [3.8, 4) is 5.75 Å². The van der Waals surface area contributed by atoms with Gasteiger partial charge >= 0.3 is 5.97 Å². The van der Waals surface area contributed by atoms with Gasteiger partial charge in [0.15, 0.2) is 0 Å². The summed E-state index contributed by atoms with van der Waals surface area (Å²) in [4.78, 5) is 17.7. The lowest BCUT2D eigenvalue weighted by Gasteiger charge is -2.31. The number of thioether (sulfide) groups is 1. The molecule has 0 saturated carbocycles. The number of fused-ring (bicyclic) bond motifs is 3. The number of aliphatic imine (C=N–C) groups is 1. The van der Waals surface area contributed by atoms with Crippen LogP contribution in [-0.4, -0.2) is 34.2 Å². The Morgan fingerprint density at radius 1 is 1.18 bits per heavy atom. The zero-order chi connectivity index (χ0) is 20.3. The number of carbonyl (C=O) groups is 1. The Labute approximate surface area is 170 Å². The van der Waals surface area contributed by atoms with Crippen LogP contribution in [-0.2, 0) is 12.8 Å². The summed E-state index contributed by atoms with van der Waals surface area (Å²) in [6.07, 6.45) is 3.75. The molecule has 0 radical (unpaired) electrons. The SMILES string of the molecule is CSc1cc2c(c3c1OC(C)(C)C3)C(c1cccc(C(=O)O)c1)=NC(C)(C)C2. The van der Waals surface area contributed by atoms with Gasteiger partial charge < -0.3 is 9.84 Å². The van der Waals surface area contributed by atoms with Crippen molar-refractivity contribution in [2.75, 3.05) is 6.26 Å².